The number of nitrogens with zero attached hydrogens (tertiary/aromatic N) is 5. The monoisotopic (exact) mass is 869 g/mol. The molecule has 336 valence electrons. The van der Waals surface area contributed by atoms with Crippen LogP contribution in [-0.4, -0.2) is 131 Å². The van der Waals surface area contributed by atoms with Crippen molar-refractivity contribution < 1.29 is 47.7 Å². The maximum absolute atomic E-state index is 13.7. The van der Waals surface area contributed by atoms with E-state index in [2.05, 4.69) is 51.4 Å². The maximum atomic E-state index is 13.7. The van der Waals surface area contributed by atoms with E-state index in [4.69, 9.17) is 9.47 Å². The molecule has 2 aliphatic rings. The standard InChI is InChI=1S/C44H55N9O10/c1-5-7-18-62-40(56)35(50-43(58)60-3)38(54)52-17-15-27(26-52)22-46-42-47-23-32(24-48-42)30-12-11-29-21-31(14-13-28(29)20-30)33-25-45-37(49-33)34-10-9-16-53(34)39(55)36(51-44(59)61-4)41(57)63-19-8-6-2/h11-14,20-21,23-25,27,34-36H,5-10,15-19,22,26H2,1-4H3,(H,45,49)(H,50,58)(H,51,59)(H,46,47,48)/t27-,34+,35+,36-/m1/s1. The molecule has 6 rings (SSSR count). The van der Waals surface area contributed by atoms with Crippen LogP contribution in [0, 0.1) is 5.92 Å². The number of rotatable bonds is 18. The molecule has 2 aromatic heterocycles. The Morgan fingerprint density at radius 2 is 1.35 bits per heavy atom. The lowest BCUT2D eigenvalue weighted by Crippen LogP contribution is -2.53. The van der Waals surface area contributed by atoms with E-state index in [0.717, 1.165) is 60.2 Å². The van der Waals surface area contributed by atoms with Gasteiger partial charge in [0.25, 0.3) is 11.8 Å². The first kappa shape index (κ1) is 45.7. The number of alkyl carbamates (subject to hydrolysis) is 2. The largest absolute Gasteiger partial charge is 0.464 e. The molecule has 4 N–H and O–H groups in total. The molecule has 19 heteroatoms. The minimum absolute atomic E-state index is 0.0643. The van der Waals surface area contributed by atoms with Crippen molar-refractivity contribution in [1.82, 2.24) is 40.4 Å². The predicted molar refractivity (Wildman–Crippen MR) is 230 cm³/mol. The van der Waals surface area contributed by atoms with Crippen LogP contribution in [-0.2, 0) is 38.1 Å². The van der Waals surface area contributed by atoms with Crippen LogP contribution in [0.2, 0.25) is 0 Å². The number of amides is 4. The van der Waals surface area contributed by atoms with Crippen LogP contribution >= 0.6 is 0 Å². The molecule has 0 radical (unpaired) electrons. The molecule has 0 spiro atoms. The highest BCUT2D eigenvalue weighted by atomic mass is 16.6. The van der Waals surface area contributed by atoms with Gasteiger partial charge < -0.3 is 39.0 Å². The third-order valence-electron chi connectivity index (χ3n) is 11.1. The van der Waals surface area contributed by atoms with Gasteiger partial charge in [0.15, 0.2) is 0 Å². The molecule has 63 heavy (non-hydrogen) atoms. The van der Waals surface area contributed by atoms with Crippen molar-refractivity contribution in [3.8, 4) is 22.4 Å². The Kier molecular flexibility index (Phi) is 15.8. The van der Waals surface area contributed by atoms with E-state index in [1.165, 1.54) is 0 Å². The second-order valence-electron chi connectivity index (χ2n) is 15.4. The summed E-state index contributed by atoms with van der Waals surface area (Å²) in [6.45, 7) is 5.87. The zero-order chi connectivity index (χ0) is 44.9. The van der Waals surface area contributed by atoms with Gasteiger partial charge in [-0.1, -0.05) is 51.0 Å². The van der Waals surface area contributed by atoms with Gasteiger partial charge in [0.05, 0.1) is 45.4 Å². The first-order valence-electron chi connectivity index (χ1n) is 21.3. The Morgan fingerprint density at radius 3 is 1.97 bits per heavy atom. The molecule has 0 unspecified atom stereocenters. The number of H-pyrrole nitrogens is 1. The number of aromatic amines is 1. The normalized spacial score (nSPS) is 16.8. The first-order chi connectivity index (χ1) is 30.5. The van der Waals surface area contributed by atoms with Gasteiger partial charge in [-0.2, -0.15) is 0 Å². The van der Waals surface area contributed by atoms with Gasteiger partial charge in [-0.3, -0.25) is 20.2 Å². The Balaban J connectivity index is 1.05. The highest BCUT2D eigenvalue weighted by Gasteiger charge is 2.41. The summed E-state index contributed by atoms with van der Waals surface area (Å²) in [5.74, 6) is -1.71. The zero-order valence-electron chi connectivity index (χ0n) is 36.0. The molecule has 2 saturated heterocycles. The van der Waals surface area contributed by atoms with Gasteiger partial charge in [0, 0.05) is 49.7 Å². The fourth-order valence-electron chi connectivity index (χ4n) is 7.51. The number of methoxy groups -OCH3 is 2. The summed E-state index contributed by atoms with van der Waals surface area (Å²) in [4.78, 5) is 96.6. The lowest BCUT2D eigenvalue weighted by atomic mass is 10.0. The van der Waals surface area contributed by atoms with Crippen LogP contribution in [0.4, 0.5) is 15.5 Å². The third-order valence-corrected chi connectivity index (χ3v) is 11.1. The van der Waals surface area contributed by atoms with Crippen molar-refractivity contribution in [2.75, 3.05) is 58.9 Å². The van der Waals surface area contributed by atoms with E-state index >= 15 is 0 Å². The average Bonchev–Trinajstić information content (AvgIpc) is 4.11. The van der Waals surface area contributed by atoms with Crippen molar-refractivity contribution in [3.05, 3.63) is 60.8 Å². The zero-order valence-corrected chi connectivity index (χ0v) is 36.0. The molecule has 4 atom stereocenters. The van der Waals surface area contributed by atoms with E-state index < -0.39 is 54.1 Å². The van der Waals surface area contributed by atoms with Crippen molar-refractivity contribution in [3.63, 3.8) is 0 Å². The van der Waals surface area contributed by atoms with Crippen molar-refractivity contribution >= 4 is 52.7 Å². The van der Waals surface area contributed by atoms with Crippen LogP contribution in [0.3, 0.4) is 0 Å². The number of ether oxygens (including phenoxy) is 4. The van der Waals surface area contributed by atoms with Gasteiger partial charge in [0.1, 0.15) is 5.82 Å². The van der Waals surface area contributed by atoms with Gasteiger partial charge in [0.2, 0.25) is 18.0 Å². The van der Waals surface area contributed by atoms with Gasteiger partial charge >= 0.3 is 24.1 Å². The highest BCUT2D eigenvalue weighted by molar-refractivity contribution is 6.05. The molecule has 0 aliphatic carbocycles. The number of carbonyl (C=O) groups is 6. The number of benzene rings is 2. The van der Waals surface area contributed by atoms with Crippen molar-refractivity contribution in [1.29, 1.82) is 0 Å². The van der Waals surface area contributed by atoms with Crippen LogP contribution in [0.25, 0.3) is 33.2 Å². The Hall–Kier alpha value is -6.79. The summed E-state index contributed by atoms with van der Waals surface area (Å²) in [6.07, 6.45) is 8.29. The Labute approximate surface area is 365 Å². The number of nitrogens with one attached hydrogen (secondary N) is 4. The minimum atomic E-state index is -1.54. The lowest BCUT2D eigenvalue weighted by molar-refractivity contribution is -0.154. The van der Waals surface area contributed by atoms with Crippen LogP contribution in [0.1, 0.15) is 70.7 Å². The second-order valence-corrected chi connectivity index (χ2v) is 15.4. The molecule has 4 heterocycles. The van der Waals surface area contributed by atoms with Crippen LogP contribution in [0.15, 0.2) is 55.0 Å². The number of anilines is 1. The predicted octanol–water partition coefficient (Wildman–Crippen LogP) is 4.75. The number of hydrogen-bond acceptors (Lipinski definition) is 14. The van der Waals surface area contributed by atoms with E-state index in [1.807, 2.05) is 44.2 Å². The fraction of sp³-hybridized carbons (Fsp3) is 0.477. The average molecular weight is 870 g/mol. The molecule has 2 aliphatic heterocycles. The number of imidazole rings is 1. The lowest BCUT2D eigenvalue weighted by Gasteiger charge is -2.27. The molecule has 2 aromatic carbocycles. The molecule has 0 saturated carbocycles. The van der Waals surface area contributed by atoms with Crippen LogP contribution < -0.4 is 16.0 Å². The molecule has 19 nitrogen and oxygen atoms in total. The molecular formula is C44H55N9O10. The number of fused-ring (bicyclic) bond motifs is 1. The third kappa shape index (κ3) is 11.6. The first-order valence-corrected chi connectivity index (χ1v) is 21.3. The summed E-state index contributed by atoms with van der Waals surface area (Å²) in [6, 6.07) is 8.67. The SMILES string of the molecule is CCCCOC(=O)[C@@H](NC(=O)OC)C(=O)N1CC[C@H](CNc2ncc(-c3ccc4cc(-c5cnc([C@@H]6CCCN6C(=O)[C@@H](NC(=O)OC)C(=O)OCCCC)[nH]5)ccc4c3)cn2)C1. The number of unbranched alkanes of at least 4 members (excludes halogenated alkanes) is 2. The minimum Gasteiger partial charge on any atom is -0.464 e. The number of esters is 2. The van der Waals surface area contributed by atoms with Gasteiger partial charge in [-0.25, -0.2) is 34.1 Å². The van der Waals surface area contributed by atoms with E-state index in [0.29, 0.717) is 70.1 Å². The highest BCUT2D eigenvalue weighted by Crippen LogP contribution is 2.33. The fourth-order valence-corrected chi connectivity index (χ4v) is 7.51. The molecule has 2 fully saturated rings. The molecular weight excluding hydrogens is 815 g/mol. The van der Waals surface area contributed by atoms with Gasteiger partial charge in [-0.05, 0) is 66.5 Å². The number of likely N-dealkylation sites (tertiary alicyclic amines) is 2. The van der Waals surface area contributed by atoms with Crippen molar-refractivity contribution in [2.24, 2.45) is 5.92 Å². The molecule has 4 amide bonds. The van der Waals surface area contributed by atoms with E-state index in [-0.39, 0.29) is 19.1 Å². The smallest absolute Gasteiger partial charge is 0.407 e. The van der Waals surface area contributed by atoms with E-state index in [1.54, 1.807) is 28.4 Å². The maximum Gasteiger partial charge on any atom is 0.407 e. The Bertz CT molecular complexity index is 2250. The van der Waals surface area contributed by atoms with Crippen LogP contribution in [0.5, 0.6) is 0 Å². The molecule has 4 aromatic rings. The Morgan fingerprint density at radius 1 is 0.746 bits per heavy atom. The van der Waals surface area contributed by atoms with Crippen molar-refractivity contribution in [2.45, 2.75) is 76.9 Å². The summed E-state index contributed by atoms with van der Waals surface area (Å²) in [5.41, 5.74) is 3.41. The van der Waals surface area contributed by atoms with Gasteiger partial charge in [-0.15, -0.1) is 0 Å². The number of carbonyl (C=O) groups excluding carboxylic acids is 6. The summed E-state index contributed by atoms with van der Waals surface area (Å²) < 4.78 is 19.8. The summed E-state index contributed by atoms with van der Waals surface area (Å²) in [5, 5.41) is 9.90. The summed E-state index contributed by atoms with van der Waals surface area (Å²) >= 11 is 0. The number of hydrogen-bond donors (Lipinski definition) is 4. The molecule has 0 bridgehead atoms. The van der Waals surface area contributed by atoms with E-state index in [9.17, 15) is 28.8 Å². The second kappa shape index (κ2) is 21.8. The quantitative estimate of drug-likeness (QED) is 0.0458. The topological polar surface area (TPSA) is 236 Å². The summed E-state index contributed by atoms with van der Waals surface area (Å²) in [7, 11) is 2.32. The number of aromatic nitrogens is 4.